The second kappa shape index (κ2) is 7.53. The number of para-hydroxylation sites is 2. The number of fused-ring (bicyclic) bond motifs is 1. The van der Waals surface area contributed by atoms with E-state index in [1.165, 1.54) is 11.8 Å². The van der Waals surface area contributed by atoms with Gasteiger partial charge in [0.15, 0.2) is 5.58 Å². The van der Waals surface area contributed by atoms with E-state index in [-0.39, 0.29) is 11.9 Å². The van der Waals surface area contributed by atoms with Crippen molar-refractivity contribution in [2.24, 2.45) is 0 Å². The van der Waals surface area contributed by atoms with Gasteiger partial charge in [-0.05, 0) is 31.5 Å². The lowest BCUT2D eigenvalue weighted by Crippen LogP contribution is -2.37. The van der Waals surface area contributed by atoms with Gasteiger partial charge in [0.25, 0.3) is 5.22 Å². The van der Waals surface area contributed by atoms with Crippen molar-refractivity contribution in [3.8, 4) is 0 Å². The summed E-state index contributed by atoms with van der Waals surface area (Å²) < 4.78 is 5.66. The predicted octanol–water partition coefficient (Wildman–Crippen LogP) is 4.36. The summed E-state index contributed by atoms with van der Waals surface area (Å²) in [5, 5.41) is 0.535. The minimum Gasteiger partial charge on any atom is -0.431 e. The fourth-order valence-corrected chi connectivity index (χ4v) is 3.18. The smallest absolute Gasteiger partial charge is 0.257 e. The maximum absolute atomic E-state index is 12.6. The zero-order valence-electron chi connectivity index (χ0n) is 13.8. The minimum atomic E-state index is 0.0844. The number of benzene rings is 2. The highest BCUT2D eigenvalue weighted by molar-refractivity contribution is 7.99. The average Bonchev–Trinajstić information content (AvgIpc) is 3.01. The van der Waals surface area contributed by atoms with E-state index in [2.05, 4.69) is 4.98 Å². The molecule has 0 aliphatic heterocycles. The molecule has 0 unspecified atom stereocenters. The Labute approximate surface area is 145 Å². The van der Waals surface area contributed by atoms with Gasteiger partial charge in [0.05, 0.1) is 5.75 Å². The minimum absolute atomic E-state index is 0.0844. The highest BCUT2D eigenvalue weighted by atomic mass is 32.2. The van der Waals surface area contributed by atoms with Crippen LogP contribution < -0.4 is 0 Å². The molecule has 1 amide bonds. The largest absolute Gasteiger partial charge is 0.431 e. The Balaban J connectivity index is 1.65. The van der Waals surface area contributed by atoms with Crippen LogP contribution in [0.15, 0.2) is 64.2 Å². The van der Waals surface area contributed by atoms with Crippen LogP contribution in [0.3, 0.4) is 0 Å². The van der Waals surface area contributed by atoms with Crippen LogP contribution in [0.4, 0.5) is 0 Å². The molecular weight excluding hydrogens is 320 g/mol. The monoisotopic (exact) mass is 340 g/mol. The second-order valence-electron chi connectivity index (χ2n) is 5.84. The molecule has 124 valence electrons. The molecule has 5 heteroatoms. The van der Waals surface area contributed by atoms with Crippen molar-refractivity contribution in [3.63, 3.8) is 0 Å². The lowest BCUT2D eigenvalue weighted by atomic mass is 10.2. The van der Waals surface area contributed by atoms with E-state index in [1.54, 1.807) is 0 Å². The van der Waals surface area contributed by atoms with Crippen molar-refractivity contribution >= 4 is 28.8 Å². The topological polar surface area (TPSA) is 46.3 Å². The number of carbonyl (C=O) groups is 1. The number of hydrogen-bond donors (Lipinski definition) is 0. The molecule has 0 atom stereocenters. The average molecular weight is 340 g/mol. The summed E-state index contributed by atoms with van der Waals surface area (Å²) in [4.78, 5) is 18.9. The number of amides is 1. The first-order valence-electron chi connectivity index (χ1n) is 7.95. The molecule has 24 heavy (non-hydrogen) atoms. The third-order valence-corrected chi connectivity index (χ3v) is 4.55. The van der Waals surface area contributed by atoms with E-state index < -0.39 is 0 Å². The molecule has 3 rings (SSSR count). The van der Waals surface area contributed by atoms with Crippen LogP contribution in [-0.4, -0.2) is 27.6 Å². The molecule has 0 aliphatic rings. The molecule has 0 N–H and O–H groups in total. The lowest BCUT2D eigenvalue weighted by molar-refractivity contribution is -0.130. The molecule has 0 spiro atoms. The highest BCUT2D eigenvalue weighted by Crippen LogP contribution is 2.23. The van der Waals surface area contributed by atoms with E-state index in [1.807, 2.05) is 73.3 Å². The Morgan fingerprint density at radius 2 is 1.83 bits per heavy atom. The molecule has 2 aromatic carbocycles. The molecular formula is C19H20N2O2S. The number of oxazole rings is 1. The Morgan fingerprint density at radius 1 is 1.12 bits per heavy atom. The summed E-state index contributed by atoms with van der Waals surface area (Å²) in [6, 6.07) is 17.8. The first-order valence-corrected chi connectivity index (χ1v) is 8.94. The molecule has 0 fully saturated rings. The zero-order chi connectivity index (χ0) is 16.9. The van der Waals surface area contributed by atoms with Gasteiger partial charge in [-0.1, -0.05) is 54.2 Å². The highest BCUT2D eigenvalue weighted by Gasteiger charge is 2.18. The van der Waals surface area contributed by atoms with Gasteiger partial charge in [0.1, 0.15) is 5.52 Å². The molecule has 0 bridgehead atoms. The standard InChI is InChI=1S/C19H20N2O2S/c1-14(2)21(12-15-8-4-3-5-9-15)18(22)13-24-19-20-16-10-6-7-11-17(16)23-19/h3-11,14H,12-13H2,1-2H3. The number of rotatable bonds is 6. The van der Waals surface area contributed by atoms with Gasteiger partial charge in [-0.15, -0.1) is 0 Å². The molecule has 3 aromatic rings. The van der Waals surface area contributed by atoms with Gasteiger partial charge in [-0.25, -0.2) is 4.98 Å². The quantitative estimate of drug-likeness (QED) is 0.626. The van der Waals surface area contributed by atoms with E-state index in [0.29, 0.717) is 17.5 Å². The summed E-state index contributed by atoms with van der Waals surface area (Å²) in [5.41, 5.74) is 2.70. The number of aromatic nitrogens is 1. The van der Waals surface area contributed by atoms with Crippen molar-refractivity contribution in [1.82, 2.24) is 9.88 Å². The third kappa shape index (κ3) is 3.97. The maximum Gasteiger partial charge on any atom is 0.257 e. The molecule has 0 saturated heterocycles. The molecule has 0 saturated carbocycles. The number of nitrogens with zero attached hydrogens (tertiary/aromatic N) is 2. The van der Waals surface area contributed by atoms with E-state index in [0.717, 1.165) is 16.7 Å². The van der Waals surface area contributed by atoms with E-state index >= 15 is 0 Å². The molecule has 4 nitrogen and oxygen atoms in total. The number of hydrogen-bond acceptors (Lipinski definition) is 4. The Morgan fingerprint density at radius 3 is 2.54 bits per heavy atom. The normalized spacial score (nSPS) is 11.1. The molecule has 1 heterocycles. The summed E-state index contributed by atoms with van der Waals surface area (Å²) in [5.74, 6) is 0.402. The predicted molar refractivity (Wildman–Crippen MR) is 96.9 cm³/mol. The van der Waals surface area contributed by atoms with Gasteiger partial charge in [-0.3, -0.25) is 4.79 Å². The number of carbonyl (C=O) groups excluding carboxylic acids is 1. The first kappa shape index (κ1) is 16.6. The van der Waals surface area contributed by atoms with Gasteiger partial charge in [0, 0.05) is 12.6 Å². The van der Waals surface area contributed by atoms with Crippen LogP contribution in [0.5, 0.6) is 0 Å². The van der Waals surface area contributed by atoms with Crippen LogP contribution in [0, 0.1) is 0 Å². The Kier molecular flexibility index (Phi) is 5.20. The molecule has 0 aliphatic carbocycles. The SMILES string of the molecule is CC(C)N(Cc1ccccc1)C(=O)CSc1nc2ccccc2o1. The van der Waals surface area contributed by atoms with Crippen LogP contribution >= 0.6 is 11.8 Å². The summed E-state index contributed by atoms with van der Waals surface area (Å²) in [6.45, 7) is 4.68. The van der Waals surface area contributed by atoms with Gasteiger partial charge in [-0.2, -0.15) is 0 Å². The molecule has 1 aromatic heterocycles. The van der Waals surface area contributed by atoms with Crippen LogP contribution in [-0.2, 0) is 11.3 Å². The van der Waals surface area contributed by atoms with Crippen molar-refractivity contribution in [1.29, 1.82) is 0 Å². The third-order valence-electron chi connectivity index (χ3n) is 3.73. The van der Waals surface area contributed by atoms with Crippen LogP contribution in [0.2, 0.25) is 0 Å². The number of thioether (sulfide) groups is 1. The lowest BCUT2D eigenvalue weighted by Gasteiger charge is -2.26. The van der Waals surface area contributed by atoms with Crippen molar-refractivity contribution in [2.75, 3.05) is 5.75 Å². The second-order valence-corrected chi connectivity index (χ2v) is 6.76. The van der Waals surface area contributed by atoms with E-state index in [9.17, 15) is 4.79 Å². The summed E-state index contributed by atoms with van der Waals surface area (Å²) in [6.07, 6.45) is 0. The van der Waals surface area contributed by atoms with Crippen molar-refractivity contribution in [3.05, 3.63) is 60.2 Å². The van der Waals surface area contributed by atoms with Gasteiger partial charge in [0.2, 0.25) is 5.91 Å². The first-order chi connectivity index (χ1) is 11.6. The Hall–Kier alpha value is -2.27. The summed E-state index contributed by atoms with van der Waals surface area (Å²) >= 11 is 1.34. The zero-order valence-corrected chi connectivity index (χ0v) is 14.6. The van der Waals surface area contributed by atoms with Gasteiger partial charge < -0.3 is 9.32 Å². The van der Waals surface area contributed by atoms with Crippen LogP contribution in [0.25, 0.3) is 11.1 Å². The van der Waals surface area contributed by atoms with Crippen molar-refractivity contribution < 1.29 is 9.21 Å². The fraction of sp³-hybridized carbons (Fsp3) is 0.263. The summed E-state index contributed by atoms with van der Waals surface area (Å²) in [7, 11) is 0. The van der Waals surface area contributed by atoms with Crippen LogP contribution in [0.1, 0.15) is 19.4 Å². The van der Waals surface area contributed by atoms with Gasteiger partial charge >= 0.3 is 0 Å². The Bertz CT molecular complexity index is 781. The fourth-order valence-electron chi connectivity index (χ4n) is 2.46. The van der Waals surface area contributed by atoms with E-state index in [4.69, 9.17) is 4.42 Å². The van der Waals surface area contributed by atoms with Crippen molar-refractivity contribution in [2.45, 2.75) is 31.7 Å². The molecule has 0 radical (unpaired) electrons. The maximum atomic E-state index is 12.6.